The van der Waals surface area contributed by atoms with Gasteiger partial charge in [0.25, 0.3) is 0 Å². The van der Waals surface area contributed by atoms with E-state index in [1.807, 2.05) is 11.8 Å². The van der Waals surface area contributed by atoms with E-state index in [9.17, 15) is 4.79 Å². The molecule has 0 aliphatic carbocycles. The van der Waals surface area contributed by atoms with Gasteiger partial charge >= 0.3 is 5.97 Å². The Hall–Kier alpha value is -0.610. The number of rotatable bonds is 5. The number of carboxylic acids is 1. The lowest BCUT2D eigenvalue weighted by Gasteiger charge is -2.20. The summed E-state index contributed by atoms with van der Waals surface area (Å²) in [7, 11) is 0. The van der Waals surface area contributed by atoms with Crippen molar-refractivity contribution in [3.8, 4) is 0 Å². The molecule has 0 aromatic heterocycles. The lowest BCUT2D eigenvalue weighted by molar-refractivity contribution is -0.142. The summed E-state index contributed by atoms with van der Waals surface area (Å²) < 4.78 is 5.33. The minimum absolute atomic E-state index is 0.360. The summed E-state index contributed by atoms with van der Waals surface area (Å²) in [6.45, 7) is 6.96. The van der Waals surface area contributed by atoms with Crippen LogP contribution in [-0.2, 0) is 9.53 Å². The second-order valence-electron chi connectivity index (χ2n) is 3.82. The van der Waals surface area contributed by atoms with Crippen LogP contribution in [0.2, 0.25) is 0 Å². The van der Waals surface area contributed by atoms with Crippen molar-refractivity contribution >= 4 is 5.97 Å². The summed E-state index contributed by atoms with van der Waals surface area (Å²) >= 11 is 0. The van der Waals surface area contributed by atoms with Crippen molar-refractivity contribution < 1.29 is 14.6 Å². The molecule has 1 heterocycles. The Morgan fingerprint density at radius 3 is 3.00 bits per heavy atom. The van der Waals surface area contributed by atoms with Crippen LogP contribution in [0, 0.1) is 5.92 Å². The molecule has 2 atom stereocenters. The SMILES string of the molecule is CCOC[C@@H]1CCN([C@@H](C)C(=O)O)C1. The van der Waals surface area contributed by atoms with Crippen LogP contribution < -0.4 is 0 Å². The molecule has 1 fully saturated rings. The number of likely N-dealkylation sites (tertiary alicyclic amines) is 1. The van der Waals surface area contributed by atoms with Gasteiger partial charge in [-0.15, -0.1) is 0 Å². The third kappa shape index (κ3) is 2.96. The first-order valence-corrected chi connectivity index (χ1v) is 5.19. The largest absolute Gasteiger partial charge is 0.480 e. The van der Waals surface area contributed by atoms with Gasteiger partial charge in [0.05, 0.1) is 6.61 Å². The molecule has 1 saturated heterocycles. The smallest absolute Gasteiger partial charge is 0.320 e. The zero-order valence-corrected chi connectivity index (χ0v) is 8.90. The Morgan fingerprint density at radius 1 is 1.71 bits per heavy atom. The molecule has 1 aliphatic rings. The Balaban J connectivity index is 2.29. The molecule has 0 unspecified atom stereocenters. The van der Waals surface area contributed by atoms with Crippen LogP contribution in [0.3, 0.4) is 0 Å². The maximum Gasteiger partial charge on any atom is 0.320 e. The van der Waals surface area contributed by atoms with Crippen molar-refractivity contribution in [3.05, 3.63) is 0 Å². The van der Waals surface area contributed by atoms with Gasteiger partial charge in [-0.25, -0.2) is 0 Å². The third-order valence-electron chi connectivity index (χ3n) is 2.78. The van der Waals surface area contributed by atoms with Gasteiger partial charge in [-0.2, -0.15) is 0 Å². The van der Waals surface area contributed by atoms with E-state index < -0.39 is 5.97 Å². The molecule has 4 heteroatoms. The molecule has 14 heavy (non-hydrogen) atoms. The molecule has 1 N–H and O–H groups in total. The first kappa shape index (κ1) is 11.5. The fraction of sp³-hybridized carbons (Fsp3) is 0.900. The Morgan fingerprint density at radius 2 is 2.43 bits per heavy atom. The zero-order chi connectivity index (χ0) is 10.6. The average Bonchev–Trinajstić information content (AvgIpc) is 2.61. The van der Waals surface area contributed by atoms with Crippen LogP contribution in [0.25, 0.3) is 0 Å². The van der Waals surface area contributed by atoms with E-state index in [1.165, 1.54) is 0 Å². The van der Waals surface area contributed by atoms with Crippen molar-refractivity contribution in [1.82, 2.24) is 4.90 Å². The summed E-state index contributed by atoms with van der Waals surface area (Å²) in [6.07, 6.45) is 1.05. The topological polar surface area (TPSA) is 49.8 Å². The van der Waals surface area contributed by atoms with E-state index in [1.54, 1.807) is 6.92 Å². The molecular formula is C10H19NO3. The van der Waals surface area contributed by atoms with Crippen LogP contribution in [0.5, 0.6) is 0 Å². The highest BCUT2D eigenvalue weighted by Gasteiger charge is 2.29. The van der Waals surface area contributed by atoms with Crippen molar-refractivity contribution in [2.24, 2.45) is 5.92 Å². The lowest BCUT2D eigenvalue weighted by Crippen LogP contribution is -2.37. The molecule has 1 rings (SSSR count). The minimum atomic E-state index is -0.734. The maximum absolute atomic E-state index is 10.7. The number of hydrogen-bond acceptors (Lipinski definition) is 3. The van der Waals surface area contributed by atoms with E-state index in [0.29, 0.717) is 5.92 Å². The fourth-order valence-corrected chi connectivity index (χ4v) is 1.79. The highest BCUT2D eigenvalue weighted by molar-refractivity contribution is 5.72. The predicted octanol–water partition coefficient (Wildman–Crippen LogP) is 0.818. The van der Waals surface area contributed by atoms with E-state index in [4.69, 9.17) is 9.84 Å². The molecule has 4 nitrogen and oxygen atoms in total. The Bertz CT molecular complexity index is 196. The molecular weight excluding hydrogens is 182 g/mol. The third-order valence-corrected chi connectivity index (χ3v) is 2.78. The second kappa shape index (κ2) is 5.32. The highest BCUT2D eigenvalue weighted by Crippen LogP contribution is 2.18. The standard InChI is InChI=1S/C10H19NO3/c1-3-14-7-9-4-5-11(6-9)8(2)10(12)13/h8-9H,3-7H2,1-2H3,(H,12,13)/t8-,9+/m0/s1. The number of carboxylic acid groups (broad SMARTS) is 1. The van der Waals surface area contributed by atoms with Gasteiger partial charge in [0.2, 0.25) is 0 Å². The van der Waals surface area contributed by atoms with Crippen LogP contribution in [0.1, 0.15) is 20.3 Å². The van der Waals surface area contributed by atoms with Crippen molar-refractivity contribution in [1.29, 1.82) is 0 Å². The normalized spacial score (nSPS) is 25.1. The molecule has 0 spiro atoms. The number of aliphatic carboxylic acids is 1. The van der Waals surface area contributed by atoms with E-state index >= 15 is 0 Å². The van der Waals surface area contributed by atoms with E-state index in [2.05, 4.69) is 0 Å². The van der Waals surface area contributed by atoms with Gasteiger partial charge < -0.3 is 9.84 Å². The van der Waals surface area contributed by atoms with Crippen LogP contribution in [0.15, 0.2) is 0 Å². The number of hydrogen-bond donors (Lipinski definition) is 1. The van der Waals surface area contributed by atoms with Crippen molar-refractivity contribution in [2.75, 3.05) is 26.3 Å². The van der Waals surface area contributed by atoms with Gasteiger partial charge in [-0.05, 0) is 32.7 Å². The molecule has 0 bridgehead atoms. The molecule has 1 aliphatic heterocycles. The van der Waals surface area contributed by atoms with Crippen molar-refractivity contribution in [2.45, 2.75) is 26.3 Å². The van der Waals surface area contributed by atoms with Crippen LogP contribution in [-0.4, -0.2) is 48.3 Å². The van der Waals surface area contributed by atoms with Gasteiger partial charge in [0.15, 0.2) is 0 Å². The summed E-state index contributed by atoms with van der Waals surface area (Å²) in [6, 6.07) is -0.360. The molecule has 0 radical (unpaired) electrons. The predicted molar refractivity (Wildman–Crippen MR) is 53.3 cm³/mol. The minimum Gasteiger partial charge on any atom is -0.480 e. The zero-order valence-electron chi connectivity index (χ0n) is 8.90. The first-order chi connectivity index (χ1) is 6.65. The Kier molecular flexibility index (Phi) is 4.35. The van der Waals surface area contributed by atoms with Crippen LogP contribution >= 0.6 is 0 Å². The van der Waals surface area contributed by atoms with E-state index in [-0.39, 0.29) is 6.04 Å². The molecule has 0 amide bonds. The molecule has 0 aromatic rings. The fourth-order valence-electron chi connectivity index (χ4n) is 1.79. The Labute approximate surface area is 84.8 Å². The summed E-state index contributed by atoms with van der Waals surface area (Å²) in [5.41, 5.74) is 0. The van der Waals surface area contributed by atoms with Gasteiger partial charge in [0.1, 0.15) is 6.04 Å². The lowest BCUT2D eigenvalue weighted by atomic mass is 10.1. The molecule has 82 valence electrons. The maximum atomic E-state index is 10.7. The number of nitrogens with zero attached hydrogens (tertiary/aromatic N) is 1. The highest BCUT2D eigenvalue weighted by atomic mass is 16.5. The monoisotopic (exact) mass is 201 g/mol. The summed E-state index contributed by atoms with van der Waals surface area (Å²) in [4.78, 5) is 12.7. The van der Waals surface area contributed by atoms with Crippen molar-refractivity contribution in [3.63, 3.8) is 0 Å². The summed E-state index contributed by atoms with van der Waals surface area (Å²) in [5.74, 6) is -0.223. The number of ether oxygens (including phenoxy) is 1. The average molecular weight is 201 g/mol. The number of carbonyl (C=O) groups is 1. The molecule has 0 aromatic carbocycles. The van der Waals surface area contributed by atoms with E-state index in [0.717, 1.165) is 32.7 Å². The first-order valence-electron chi connectivity index (χ1n) is 5.19. The summed E-state index contributed by atoms with van der Waals surface area (Å²) in [5, 5.41) is 8.83. The van der Waals surface area contributed by atoms with Gasteiger partial charge in [-0.3, -0.25) is 9.69 Å². The quantitative estimate of drug-likeness (QED) is 0.715. The van der Waals surface area contributed by atoms with Gasteiger partial charge in [-0.1, -0.05) is 0 Å². The van der Waals surface area contributed by atoms with Crippen LogP contribution in [0.4, 0.5) is 0 Å². The van der Waals surface area contributed by atoms with Gasteiger partial charge in [0, 0.05) is 13.2 Å². The second-order valence-corrected chi connectivity index (χ2v) is 3.82. The molecule has 0 saturated carbocycles.